The molecule has 3 aliphatic heterocycles. The van der Waals surface area contributed by atoms with Gasteiger partial charge >= 0.3 is 0 Å². The van der Waals surface area contributed by atoms with Crippen molar-refractivity contribution < 1.29 is 21.6 Å². The number of sulfonamides is 2. The molecule has 2 aromatic carbocycles. The van der Waals surface area contributed by atoms with Crippen LogP contribution in [0.1, 0.15) is 56.1 Å². The molecule has 2 atom stereocenters. The van der Waals surface area contributed by atoms with Gasteiger partial charge in [-0.1, -0.05) is 35.4 Å². The van der Waals surface area contributed by atoms with E-state index in [1.165, 1.54) is 10.6 Å². The molecule has 3 fully saturated rings. The molecule has 1 amide bonds. The first-order valence-electron chi connectivity index (χ1n) is 15.2. The number of anilines is 1. The summed E-state index contributed by atoms with van der Waals surface area (Å²) < 4.78 is 54.4. The number of nitrogens with one attached hydrogen (secondary N) is 1. The number of amides is 1. The van der Waals surface area contributed by atoms with Crippen molar-refractivity contribution in [1.29, 1.82) is 0 Å². The Bertz CT molecular complexity index is 1510. The van der Waals surface area contributed by atoms with Gasteiger partial charge in [0, 0.05) is 60.9 Å². The van der Waals surface area contributed by atoms with Crippen molar-refractivity contribution in [2.45, 2.75) is 81.8 Å². The molecule has 0 aromatic heterocycles. The van der Waals surface area contributed by atoms with Crippen molar-refractivity contribution in [3.05, 3.63) is 58.6 Å². The third kappa shape index (κ3) is 7.62. The summed E-state index contributed by atoms with van der Waals surface area (Å²) in [5, 5.41) is 0.607. The van der Waals surface area contributed by atoms with Crippen LogP contribution in [0, 0.1) is 19.8 Å². The van der Waals surface area contributed by atoms with Crippen LogP contribution in [0.25, 0.3) is 0 Å². The zero-order chi connectivity index (χ0) is 30.9. The summed E-state index contributed by atoms with van der Waals surface area (Å²) in [5.41, 5.74) is 2.73. The molecular weight excluding hydrogens is 608 g/mol. The van der Waals surface area contributed by atoms with E-state index in [1.807, 2.05) is 49.1 Å². The molecular formula is C31H43ClN4O5S2. The Morgan fingerprint density at radius 3 is 2.16 bits per heavy atom. The molecule has 0 saturated carbocycles. The number of piperidine rings is 2. The highest BCUT2D eigenvalue weighted by atomic mass is 35.5. The number of hydrogen-bond acceptors (Lipinski definition) is 6. The van der Waals surface area contributed by atoms with Gasteiger partial charge in [0.05, 0.1) is 11.2 Å². The molecule has 9 nitrogen and oxygen atoms in total. The molecule has 12 heteroatoms. The highest BCUT2D eigenvalue weighted by molar-refractivity contribution is 7.89. The fourth-order valence-corrected chi connectivity index (χ4v) is 9.23. The molecule has 2 bridgehead atoms. The monoisotopic (exact) mass is 650 g/mol. The lowest BCUT2D eigenvalue weighted by Crippen LogP contribution is -2.51. The molecule has 43 heavy (non-hydrogen) atoms. The van der Waals surface area contributed by atoms with Crippen LogP contribution in [0.2, 0.25) is 5.02 Å². The minimum Gasteiger partial charge on any atom is -0.312 e. The van der Waals surface area contributed by atoms with Gasteiger partial charge in [0.2, 0.25) is 26.0 Å². The first kappa shape index (κ1) is 32.4. The van der Waals surface area contributed by atoms with E-state index in [4.69, 9.17) is 11.6 Å². The summed E-state index contributed by atoms with van der Waals surface area (Å²) in [6, 6.07) is 13.2. The molecule has 3 aliphatic rings. The van der Waals surface area contributed by atoms with Gasteiger partial charge in [0.25, 0.3) is 0 Å². The summed E-state index contributed by atoms with van der Waals surface area (Å²) in [4.78, 5) is 18.5. The predicted octanol–water partition coefficient (Wildman–Crippen LogP) is 4.33. The summed E-state index contributed by atoms with van der Waals surface area (Å²) >= 11 is 6.46. The predicted molar refractivity (Wildman–Crippen MR) is 170 cm³/mol. The van der Waals surface area contributed by atoms with Gasteiger partial charge in [-0.15, -0.1) is 0 Å². The van der Waals surface area contributed by atoms with E-state index in [0.29, 0.717) is 54.5 Å². The zero-order valence-electron chi connectivity index (χ0n) is 25.2. The van der Waals surface area contributed by atoms with Crippen LogP contribution >= 0.6 is 11.6 Å². The maximum atomic E-state index is 13.8. The van der Waals surface area contributed by atoms with E-state index in [1.54, 1.807) is 12.1 Å². The number of hydrogen-bond donors (Lipinski definition) is 1. The third-order valence-corrected chi connectivity index (χ3v) is 12.6. The van der Waals surface area contributed by atoms with Crippen LogP contribution in [0.5, 0.6) is 0 Å². The number of aryl methyl sites for hydroxylation is 2. The van der Waals surface area contributed by atoms with Crippen LogP contribution in [-0.2, 0) is 24.8 Å². The van der Waals surface area contributed by atoms with Gasteiger partial charge in [-0.3, -0.25) is 9.69 Å². The summed E-state index contributed by atoms with van der Waals surface area (Å²) in [5.74, 6) is -0.230. The van der Waals surface area contributed by atoms with Crippen LogP contribution in [-0.4, -0.2) is 82.5 Å². The SMILES string of the molecule is Cc1ccc(S(=O)(=O)NC2CC3CCC(C2)N3CCCN(C(=O)C2CCN(S(C)(=O)=O)CC2)c2ccc(C)c(Cl)c2)cc1. The molecule has 0 spiro atoms. The zero-order valence-corrected chi connectivity index (χ0v) is 27.6. The van der Waals surface area contributed by atoms with Crippen molar-refractivity contribution in [3.8, 4) is 0 Å². The van der Waals surface area contributed by atoms with Crippen molar-refractivity contribution in [3.63, 3.8) is 0 Å². The molecule has 236 valence electrons. The van der Waals surface area contributed by atoms with E-state index in [-0.39, 0.29) is 17.9 Å². The van der Waals surface area contributed by atoms with Gasteiger partial charge in [-0.05, 0) is 88.6 Å². The lowest BCUT2D eigenvalue weighted by atomic mass is 9.96. The third-order valence-electron chi connectivity index (χ3n) is 9.34. The van der Waals surface area contributed by atoms with E-state index in [9.17, 15) is 21.6 Å². The van der Waals surface area contributed by atoms with Gasteiger partial charge in [0.1, 0.15) is 0 Å². The number of carbonyl (C=O) groups is 1. The lowest BCUT2D eigenvalue weighted by Gasteiger charge is -2.39. The minimum atomic E-state index is -3.57. The largest absolute Gasteiger partial charge is 0.312 e. The van der Waals surface area contributed by atoms with Crippen molar-refractivity contribution in [2.24, 2.45) is 5.92 Å². The Balaban J connectivity index is 1.21. The normalized spacial score (nSPS) is 23.9. The number of benzene rings is 2. The molecule has 0 radical (unpaired) electrons. The Labute approximate surface area is 261 Å². The first-order valence-corrected chi connectivity index (χ1v) is 18.9. The van der Waals surface area contributed by atoms with Crippen LogP contribution in [0.3, 0.4) is 0 Å². The van der Waals surface area contributed by atoms with Gasteiger partial charge in [0.15, 0.2) is 0 Å². The van der Waals surface area contributed by atoms with Gasteiger partial charge in [-0.25, -0.2) is 25.9 Å². The average molecular weight is 651 g/mol. The van der Waals surface area contributed by atoms with Gasteiger partial charge in [-0.2, -0.15) is 0 Å². The Morgan fingerprint density at radius 1 is 0.953 bits per heavy atom. The second kappa shape index (κ2) is 13.1. The van der Waals surface area contributed by atoms with E-state index in [0.717, 1.165) is 55.5 Å². The highest BCUT2D eigenvalue weighted by Crippen LogP contribution is 2.36. The van der Waals surface area contributed by atoms with Crippen LogP contribution in [0.4, 0.5) is 5.69 Å². The van der Waals surface area contributed by atoms with E-state index < -0.39 is 20.0 Å². The van der Waals surface area contributed by atoms with E-state index in [2.05, 4.69) is 9.62 Å². The average Bonchev–Trinajstić information content (AvgIpc) is 3.19. The van der Waals surface area contributed by atoms with Crippen molar-refractivity contribution >= 4 is 43.2 Å². The molecule has 3 saturated heterocycles. The van der Waals surface area contributed by atoms with Crippen molar-refractivity contribution in [2.75, 3.05) is 37.3 Å². The Morgan fingerprint density at radius 2 is 1.58 bits per heavy atom. The maximum Gasteiger partial charge on any atom is 0.240 e. The summed E-state index contributed by atoms with van der Waals surface area (Å²) in [6.45, 7) is 5.92. The highest BCUT2D eigenvalue weighted by Gasteiger charge is 2.41. The molecule has 3 heterocycles. The smallest absolute Gasteiger partial charge is 0.240 e. The summed E-state index contributed by atoms with van der Waals surface area (Å²) in [6.07, 6.45) is 6.62. The van der Waals surface area contributed by atoms with Gasteiger partial charge < -0.3 is 4.90 Å². The quantitative estimate of drug-likeness (QED) is 0.411. The summed E-state index contributed by atoms with van der Waals surface area (Å²) in [7, 11) is -6.84. The Kier molecular flexibility index (Phi) is 9.90. The number of fused-ring (bicyclic) bond motifs is 2. The first-order chi connectivity index (χ1) is 20.3. The molecule has 5 rings (SSSR count). The Hall–Kier alpha value is -2.02. The second-order valence-corrected chi connectivity index (χ2v) is 16.5. The number of nitrogens with zero attached hydrogens (tertiary/aromatic N) is 3. The minimum absolute atomic E-state index is 0.0141. The van der Waals surface area contributed by atoms with E-state index >= 15 is 0 Å². The maximum absolute atomic E-state index is 13.8. The van der Waals surface area contributed by atoms with Crippen LogP contribution in [0.15, 0.2) is 47.4 Å². The molecule has 2 unspecified atom stereocenters. The molecule has 2 aromatic rings. The van der Waals surface area contributed by atoms with Crippen molar-refractivity contribution in [1.82, 2.24) is 13.9 Å². The number of carbonyl (C=O) groups excluding carboxylic acids is 1. The molecule has 1 N–H and O–H groups in total. The molecule has 0 aliphatic carbocycles. The fourth-order valence-electron chi connectivity index (χ4n) is 6.92. The topological polar surface area (TPSA) is 107 Å². The second-order valence-electron chi connectivity index (χ2n) is 12.4. The number of halogens is 1. The number of rotatable bonds is 10. The standard InChI is InChI=1S/C31H43ClN4O5S2/c1-22-5-11-29(12-6-22)43(40,41)33-25-19-26-9-10-27(20-25)35(26)15-4-16-36(28-8-7-23(2)30(32)21-28)31(37)24-13-17-34(18-14-24)42(3,38)39/h5-8,11-12,21,24-27,33H,4,9-10,13-20H2,1-3H3. The fraction of sp³-hybridized carbons (Fsp3) is 0.581. The lowest BCUT2D eigenvalue weighted by molar-refractivity contribution is -0.123. The van der Waals surface area contributed by atoms with Crippen LogP contribution < -0.4 is 9.62 Å².